The number of carbonyl (C=O) groups excluding carboxylic acids is 4. The molecule has 1 atom stereocenters. The highest BCUT2D eigenvalue weighted by atomic mass is 35.5. The molecule has 1 N–H and O–H groups in total. The van der Waals surface area contributed by atoms with Crippen molar-refractivity contribution in [2.45, 2.75) is 25.9 Å². The molecule has 0 aliphatic carbocycles. The van der Waals surface area contributed by atoms with Gasteiger partial charge in [-0.1, -0.05) is 35.3 Å². The number of rotatable bonds is 8. The van der Waals surface area contributed by atoms with Gasteiger partial charge in [-0.3, -0.25) is 9.59 Å². The van der Waals surface area contributed by atoms with Crippen molar-refractivity contribution in [1.82, 2.24) is 4.90 Å². The Morgan fingerprint density at radius 2 is 1.49 bits per heavy atom. The summed E-state index contributed by atoms with van der Waals surface area (Å²) in [6, 6.07) is 17.8. The molecule has 1 aliphatic heterocycles. The van der Waals surface area contributed by atoms with Gasteiger partial charge >= 0.3 is 12.0 Å². The fourth-order valence-corrected chi connectivity index (χ4v) is 4.17. The lowest BCUT2D eigenvalue weighted by molar-refractivity contribution is -0.124. The predicted molar refractivity (Wildman–Crippen MR) is 141 cm³/mol. The Balaban J connectivity index is 1.54. The molecular formula is C27H23Cl2N3O5. The van der Waals surface area contributed by atoms with Crippen molar-refractivity contribution >= 4 is 58.4 Å². The Bertz CT molecular complexity index is 1310. The SMILES string of the molecule is CCOC(=O)c1ccc(NC(=O)C[C@H]2C(=O)N(c3ccc(Cl)cc3)C(=O)N2Cc2ccc(Cl)cc2)cc1. The number of nitrogens with zero attached hydrogens (tertiary/aromatic N) is 2. The van der Waals surface area contributed by atoms with Gasteiger partial charge in [0.25, 0.3) is 5.91 Å². The van der Waals surface area contributed by atoms with Crippen LogP contribution in [0.4, 0.5) is 16.2 Å². The molecule has 190 valence electrons. The maximum atomic E-state index is 13.4. The number of benzene rings is 3. The van der Waals surface area contributed by atoms with Crippen molar-refractivity contribution in [3.63, 3.8) is 0 Å². The van der Waals surface area contributed by atoms with Gasteiger partial charge in [-0.15, -0.1) is 0 Å². The Kier molecular flexibility index (Phi) is 8.11. The molecule has 4 amide bonds. The van der Waals surface area contributed by atoms with Gasteiger partial charge in [-0.05, 0) is 73.2 Å². The second-order valence-corrected chi connectivity index (χ2v) is 9.13. The van der Waals surface area contributed by atoms with Crippen LogP contribution in [0.2, 0.25) is 10.0 Å². The highest BCUT2D eigenvalue weighted by Crippen LogP contribution is 2.29. The van der Waals surface area contributed by atoms with Gasteiger partial charge in [0, 0.05) is 22.3 Å². The zero-order valence-corrected chi connectivity index (χ0v) is 21.3. The fraction of sp³-hybridized carbons (Fsp3) is 0.185. The Morgan fingerprint density at radius 1 is 0.892 bits per heavy atom. The number of urea groups is 1. The van der Waals surface area contributed by atoms with Gasteiger partial charge in [0.15, 0.2) is 0 Å². The monoisotopic (exact) mass is 539 g/mol. The van der Waals surface area contributed by atoms with Gasteiger partial charge in [-0.2, -0.15) is 0 Å². The molecule has 3 aromatic carbocycles. The minimum Gasteiger partial charge on any atom is -0.462 e. The maximum absolute atomic E-state index is 13.4. The Hall–Kier alpha value is -3.88. The van der Waals surface area contributed by atoms with Gasteiger partial charge in [-0.25, -0.2) is 14.5 Å². The van der Waals surface area contributed by atoms with Crippen molar-refractivity contribution in [3.05, 3.63) is 94.0 Å². The van der Waals surface area contributed by atoms with E-state index in [9.17, 15) is 19.2 Å². The summed E-state index contributed by atoms with van der Waals surface area (Å²) in [5.41, 5.74) is 1.90. The van der Waals surface area contributed by atoms with E-state index in [0.717, 1.165) is 10.5 Å². The largest absolute Gasteiger partial charge is 0.462 e. The average molecular weight is 540 g/mol. The van der Waals surface area contributed by atoms with Crippen molar-refractivity contribution in [3.8, 4) is 0 Å². The van der Waals surface area contributed by atoms with Gasteiger partial charge < -0.3 is 15.0 Å². The number of esters is 1. The number of anilines is 2. The lowest BCUT2D eigenvalue weighted by Gasteiger charge is -2.21. The second kappa shape index (κ2) is 11.5. The minimum atomic E-state index is -1.03. The number of hydrogen-bond acceptors (Lipinski definition) is 5. The molecule has 10 heteroatoms. The summed E-state index contributed by atoms with van der Waals surface area (Å²) in [5, 5.41) is 3.73. The van der Waals surface area contributed by atoms with Crippen LogP contribution in [0.25, 0.3) is 0 Å². The van der Waals surface area contributed by atoms with E-state index in [1.165, 1.54) is 17.0 Å². The van der Waals surface area contributed by atoms with Crippen molar-refractivity contribution < 1.29 is 23.9 Å². The van der Waals surface area contributed by atoms with E-state index in [1.54, 1.807) is 67.6 Å². The molecule has 1 heterocycles. The summed E-state index contributed by atoms with van der Waals surface area (Å²) in [6.45, 7) is 2.08. The number of nitrogens with one attached hydrogen (secondary N) is 1. The van der Waals surface area contributed by atoms with E-state index in [4.69, 9.17) is 27.9 Å². The molecule has 1 aliphatic rings. The minimum absolute atomic E-state index is 0.109. The molecule has 0 radical (unpaired) electrons. The molecule has 0 bridgehead atoms. The van der Waals surface area contributed by atoms with Crippen molar-refractivity contribution in [2.75, 3.05) is 16.8 Å². The number of halogens is 2. The van der Waals surface area contributed by atoms with Crippen LogP contribution in [0.1, 0.15) is 29.3 Å². The normalized spacial score (nSPS) is 15.2. The first kappa shape index (κ1) is 26.2. The topological polar surface area (TPSA) is 96.0 Å². The number of carbonyl (C=O) groups is 4. The highest BCUT2D eigenvalue weighted by Gasteiger charge is 2.46. The van der Waals surface area contributed by atoms with Crippen LogP contribution in [0, 0.1) is 0 Å². The quantitative estimate of drug-likeness (QED) is 0.299. The predicted octanol–water partition coefficient (Wildman–Crippen LogP) is 5.54. The van der Waals surface area contributed by atoms with Gasteiger partial charge in [0.05, 0.1) is 24.3 Å². The third-order valence-corrected chi connectivity index (χ3v) is 6.23. The summed E-state index contributed by atoms with van der Waals surface area (Å²) in [5.74, 6) is -1.45. The average Bonchev–Trinajstić information content (AvgIpc) is 3.10. The van der Waals surface area contributed by atoms with E-state index in [2.05, 4.69) is 5.32 Å². The van der Waals surface area contributed by atoms with Crippen LogP contribution in [-0.4, -0.2) is 41.4 Å². The third kappa shape index (κ3) is 6.10. The highest BCUT2D eigenvalue weighted by molar-refractivity contribution is 6.31. The van der Waals surface area contributed by atoms with Crippen molar-refractivity contribution in [2.24, 2.45) is 0 Å². The smallest absolute Gasteiger partial charge is 0.338 e. The number of imide groups is 1. The molecule has 0 saturated carbocycles. The number of amides is 4. The summed E-state index contributed by atoms with van der Waals surface area (Å²) in [7, 11) is 0. The lowest BCUT2D eigenvalue weighted by atomic mass is 10.1. The van der Waals surface area contributed by atoms with Crippen LogP contribution < -0.4 is 10.2 Å². The summed E-state index contributed by atoms with van der Waals surface area (Å²) >= 11 is 12.0. The van der Waals surface area contributed by atoms with Crippen LogP contribution in [0.15, 0.2) is 72.8 Å². The van der Waals surface area contributed by atoms with Crippen LogP contribution in [-0.2, 0) is 20.9 Å². The Morgan fingerprint density at radius 3 is 2.08 bits per heavy atom. The summed E-state index contributed by atoms with van der Waals surface area (Å²) in [6.07, 6.45) is -0.262. The van der Waals surface area contributed by atoms with Crippen LogP contribution in [0.3, 0.4) is 0 Å². The fourth-order valence-electron chi connectivity index (χ4n) is 3.92. The lowest BCUT2D eigenvalue weighted by Crippen LogP contribution is -2.37. The number of hydrogen-bond donors (Lipinski definition) is 1. The van der Waals surface area contributed by atoms with Crippen LogP contribution >= 0.6 is 23.2 Å². The van der Waals surface area contributed by atoms with E-state index >= 15 is 0 Å². The zero-order chi connectivity index (χ0) is 26.5. The first-order valence-corrected chi connectivity index (χ1v) is 12.2. The molecule has 8 nitrogen and oxygen atoms in total. The molecule has 1 saturated heterocycles. The molecular weight excluding hydrogens is 517 g/mol. The summed E-state index contributed by atoms with van der Waals surface area (Å²) < 4.78 is 4.96. The molecule has 4 rings (SSSR count). The van der Waals surface area contributed by atoms with E-state index in [-0.39, 0.29) is 19.6 Å². The molecule has 0 spiro atoms. The van der Waals surface area contributed by atoms with Gasteiger partial charge in [0.2, 0.25) is 5.91 Å². The van der Waals surface area contributed by atoms with Gasteiger partial charge in [0.1, 0.15) is 6.04 Å². The van der Waals surface area contributed by atoms with E-state index in [0.29, 0.717) is 27.0 Å². The molecule has 1 fully saturated rings. The Labute approximate surface area is 223 Å². The standard InChI is InChI=1S/C27H23Cl2N3O5/c1-2-37-26(35)18-5-11-21(12-6-18)30-24(33)15-23-25(34)32(22-13-9-20(29)10-14-22)27(36)31(23)16-17-3-7-19(28)8-4-17/h3-14,23H,2,15-16H2,1H3,(H,30,33)/t23-/m0/s1. The van der Waals surface area contributed by atoms with E-state index < -0.39 is 29.9 Å². The maximum Gasteiger partial charge on any atom is 0.338 e. The van der Waals surface area contributed by atoms with E-state index in [1.807, 2.05) is 0 Å². The second-order valence-electron chi connectivity index (χ2n) is 8.25. The van der Waals surface area contributed by atoms with Crippen LogP contribution in [0.5, 0.6) is 0 Å². The summed E-state index contributed by atoms with van der Waals surface area (Å²) in [4.78, 5) is 54.0. The number of ether oxygens (including phenoxy) is 1. The molecule has 0 aromatic heterocycles. The third-order valence-electron chi connectivity index (χ3n) is 5.73. The zero-order valence-electron chi connectivity index (χ0n) is 19.8. The first-order chi connectivity index (χ1) is 17.8. The molecule has 3 aromatic rings. The van der Waals surface area contributed by atoms with Crippen molar-refractivity contribution in [1.29, 1.82) is 0 Å². The first-order valence-electron chi connectivity index (χ1n) is 11.5. The molecule has 0 unspecified atom stereocenters. The molecule has 37 heavy (non-hydrogen) atoms.